The van der Waals surface area contributed by atoms with E-state index in [1.807, 2.05) is 24.3 Å². The van der Waals surface area contributed by atoms with E-state index in [4.69, 9.17) is 0 Å². The van der Waals surface area contributed by atoms with Crippen LogP contribution in [0, 0.1) is 0 Å². The minimum absolute atomic E-state index is 0.213. The SMILES string of the molecule is CCN(Cc1ccccc1-c1nc(C(F)F)cc(=O)[nH]1)C1CCCCCC1. The number of alkyl halides is 2. The topological polar surface area (TPSA) is 49.0 Å². The van der Waals surface area contributed by atoms with Crippen LogP contribution in [0.3, 0.4) is 0 Å². The van der Waals surface area contributed by atoms with E-state index < -0.39 is 17.7 Å². The monoisotopic (exact) mass is 375 g/mol. The van der Waals surface area contributed by atoms with Crippen LogP contribution in [-0.4, -0.2) is 27.5 Å². The van der Waals surface area contributed by atoms with E-state index >= 15 is 0 Å². The molecule has 0 spiro atoms. The zero-order valence-electron chi connectivity index (χ0n) is 15.8. The van der Waals surface area contributed by atoms with E-state index in [0.29, 0.717) is 11.6 Å². The predicted molar refractivity (Wildman–Crippen MR) is 103 cm³/mol. The molecule has 27 heavy (non-hydrogen) atoms. The second-order valence-corrected chi connectivity index (χ2v) is 7.19. The summed E-state index contributed by atoms with van der Waals surface area (Å²) in [5, 5.41) is 0. The van der Waals surface area contributed by atoms with Crippen molar-refractivity contribution in [2.45, 2.75) is 64.5 Å². The second-order valence-electron chi connectivity index (χ2n) is 7.19. The molecule has 1 heterocycles. The molecule has 1 aromatic heterocycles. The third-order valence-corrected chi connectivity index (χ3v) is 5.38. The van der Waals surface area contributed by atoms with Crippen LogP contribution >= 0.6 is 0 Å². The third kappa shape index (κ3) is 5.01. The van der Waals surface area contributed by atoms with Crippen LogP contribution in [0.15, 0.2) is 35.1 Å². The Hall–Kier alpha value is -2.08. The first kappa shape index (κ1) is 19.7. The molecule has 1 fully saturated rings. The average Bonchev–Trinajstić information content (AvgIpc) is 2.95. The number of hydrogen-bond donors (Lipinski definition) is 1. The molecule has 1 aromatic carbocycles. The molecule has 2 aromatic rings. The molecule has 6 heteroatoms. The van der Waals surface area contributed by atoms with Gasteiger partial charge in [-0.15, -0.1) is 0 Å². The minimum Gasteiger partial charge on any atom is -0.307 e. The van der Waals surface area contributed by atoms with Crippen molar-refractivity contribution in [3.8, 4) is 11.4 Å². The number of hydrogen-bond acceptors (Lipinski definition) is 3. The van der Waals surface area contributed by atoms with Crippen molar-refractivity contribution in [2.24, 2.45) is 0 Å². The van der Waals surface area contributed by atoms with Gasteiger partial charge in [0.2, 0.25) is 0 Å². The summed E-state index contributed by atoms with van der Waals surface area (Å²) in [6.45, 7) is 3.81. The highest BCUT2D eigenvalue weighted by Crippen LogP contribution is 2.27. The number of nitrogens with zero attached hydrogens (tertiary/aromatic N) is 2. The summed E-state index contributed by atoms with van der Waals surface area (Å²) < 4.78 is 26.1. The maximum Gasteiger partial charge on any atom is 0.280 e. The van der Waals surface area contributed by atoms with Gasteiger partial charge in [-0.1, -0.05) is 56.9 Å². The second kappa shape index (κ2) is 9.22. The van der Waals surface area contributed by atoms with Gasteiger partial charge in [-0.3, -0.25) is 9.69 Å². The Bertz CT molecular complexity index is 798. The highest BCUT2D eigenvalue weighted by molar-refractivity contribution is 5.60. The van der Waals surface area contributed by atoms with Gasteiger partial charge in [0.05, 0.1) is 0 Å². The highest BCUT2D eigenvalue weighted by Gasteiger charge is 2.21. The summed E-state index contributed by atoms with van der Waals surface area (Å²) >= 11 is 0. The standard InChI is InChI=1S/C21H27F2N3O/c1-2-26(16-10-5-3-4-6-11-16)14-15-9-7-8-12-17(15)21-24-18(20(22)23)13-19(27)25-21/h7-9,12-13,16,20H,2-6,10-11,14H2,1H3,(H,24,25,27). The molecule has 0 saturated heterocycles. The Morgan fingerprint density at radius 3 is 2.56 bits per heavy atom. The van der Waals surface area contributed by atoms with E-state index in [1.54, 1.807) is 0 Å². The van der Waals surface area contributed by atoms with Crippen molar-refractivity contribution in [1.29, 1.82) is 0 Å². The zero-order chi connectivity index (χ0) is 19.2. The van der Waals surface area contributed by atoms with Crippen molar-refractivity contribution >= 4 is 0 Å². The lowest BCUT2D eigenvalue weighted by Gasteiger charge is -2.30. The quantitative estimate of drug-likeness (QED) is 0.729. The summed E-state index contributed by atoms with van der Waals surface area (Å²) in [6, 6.07) is 9.02. The van der Waals surface area contributed by atoms with Crippen molar-refractivity contribution in [3.63, 3.8) is 0 Å². The third-order valence-electron chi connectivity index (χ3n) is 5.38. The molecule has 0 radical (unpaired) electrons. The van der Waals surface area contributed by atoms with Crippen molar-refractivity contribution in [3.05, 3.63) is 51.9 Å². The van der Waals surface area contributed by atoms with Gasteiger partial charge >= 0.3 is 0 Å². The van der Waals surface area contributed by atoms with E-state index in [2.05, 4.69) is 21.8 Å². The van der Waals surface area contributed by atoms with Crippen LogP contribution in [0.2, 0.25) is 0 Å². The number of H-pyrrole nitrogens is 1. The van der Waals surface area contributed by atoms with Crippen LogP contribution < -0.4 is 5.56 Å². The Labute approximate surface area is 158 Å². The van der Waals surface area contributed by atoms with Gasteiger partial charge < -0.3 is 4.98 Å². The summed E-state index contributed by atoms with van der Waals surface area (Å²) in [4.78, 5) is 20.9. The summed E-state index contributed by atoms with van der Waals surface area (Å²) in [7, 11) is 0. The largest absolute Gasteiger partial charge is 0.307 e. The van der Waals surface area contributed by atoms with Gasteiger partial charge in [0.25, 0.3) is 12.0 Å². The zero-order valence-corrected chi connectivity index (χ0v) is 15.8. The van der Waals surface area contributed by atoms with Gasteiger partial charge in [-0.2, -0.15) is 0 Å². The van der Waals surface area contributed by atoms with Crippen molar-refractivity contribution in [1.82, 2.24) is 14.9 Å². The molecule has 0 atom stereocenters. The van der Waals surface area contributed by atoms with E-state index in [-0.39, 0.29) is 5.82 Å². The Morgan fingerprint density at radius 2 is 1.89 bits per heavy atom. The maximum atomic E-state index is 13.1. The molecule has 0 amide bonds. The van der Waals surface area contributed by atoms with E-state index in [9.17, 15) is 13.6 Å². The van der Waals surface area contributed by atoms with Crippen LogP contribution in [0.4, 0.5) is 8.78 Å². The summed E-state index contributed by atoms with van der Waals surface area (Å²) in [5.41, 5.74) is 0.670. The molecule has 0 aliphatic heterocycles. The molecule has 0 unspecified atom stereocenters. The Kier molecular flexibility index (Phi) is 6.72. The number of rotatable bonds is 6. The number of benzene rings is 1. The van der Waals surface area contributed by atoms with Gasteiger partial charge in [0.15, 0.2) is 0 Å². The van der Waals surface area contributed by atoms with Crippen LogP contribution in [-0.2, 0) is 6.54 Å². The lowest BCUT2D eigenvalue weighted by Crippen LogP contribution is -2.34. The summed E-state index contributed by atoms with van der Waals surface area (Å²) in [5.74, 6) is 0.213. The number of aromatic amines is 1. The number of nitrogens with one attached hydrogen (secondary N) is 1. The minimum atomic E-state index is -2.77. The lowest BCUT2D eigenvalue weighted by atomic mass is 10.0. The Morgan fingerprint density at radius 1 is 1.19 bits per heavy atom. The van der Waals surface area contributed by atoms with Gasteiger partial charge in [0, 0.05) is 24.2 Å². The predicted octanol–water partition coefficient (Wildman–Crippen LogP) is 4.92. The summed E-state index contributed by atoms with van der Waals surface area (Å²) in [6.07, 6.45) is 4.75. The normalized spacial score (nSPS) is 16.0. The molecular weight excluding hydrogens is 348 g/mol. The smallest absolute Gasteiger partial charge is 0.280 e. The van der Waals surface area contributed by atoms with Crippen LogP contribution in [0.5, 0.6) is 0 Å². The first-order valence-electron chi connectivity index (χ1n) is 9.80. The first-order valence-corrected chi connectivity index (χ1v) is 9.80. The number of aromatic nitrogens is 2. The van der Waals surface area contributed by atoms with Gasteiger partial charge in [-0.05, 0) is 24.9 Å². The van der Waals surface area contributed by atoms with Crippen LogP contribution in [0.1, 0.15) is 63.1 Å². The van der Waals surface area contributed by atoms with E-state index in [1.165, 1.54) is 38.5 Å². The molecule has 1 aliphatic carbocycles. The molecule has 4 nitrogen and oxygen atoms in total. The van der Waals surface area contributed by atoms with Crippen LogP contribution in [0.25, 0.3) is 11.4 Å². The molecule has 3 rings (SSSR count). The fraction of sp³-hybridized carbons (Fsp3) is 0.524. The first-order chi connectivity index (χ1) is 13.1. The molecule has 1 N–H and O–H groups in total. The maximum absolute atomic E-state index is 13.1. The van der Waals surface area contributed by atoms with E-state index in [0.717, 1.165) is 24.7 Å². The number of halogens is 2. The molecule has 1 saturated carbocycles. The average molecular weight is 375 g/mol. The Balaban J connectivity index is 1.90. The van der Waals surface area contributed by atoms with Gasteiger partial charge in [-0.25, -0.2) is 13.8 Å². The highest BCUT2D eigenvalue weighted by atomic mass is 19.3. The lowest BCUT2D eigenvalue weighted by molar-refractivity contribution is 0.146. The van der Waals surface area contributed by atoms with Crippen molar-refractivity contribution < 1.29 is 8.78 Å². The fourth-order valence-corrected chi connectivity index (χ4v) is 3.95. The molecule has 146 valence electrons. The molecular formula is C21H27F2N3O. The van der Waals surface area contributed by atoms with Crippen molar-refractivity contribution in [2.75, 3.05) is 6.54 Å². The molecule has 0 bridgehead atoms. The molecule has 1 aliphatic rings. The van der Waals surface area contributed by atoms with Gasteiger partial charge in [0.1, 0.15) is 11.5 Å². The fourth-order valence-electron chi connectivity index (χ4n) is 3.95.